The first kappa shape index (κ1) is 18.5. The van der Waals surface area contributed by atoms with E-state index in [2.05, 4.69) is 5.32 Å². The molecule has 25 heavy (non-hydrogen) atoms. The number of rotatable bonds is 5. The standard InChI is InChI=1S/C18H17F3N2O2/c1-9-3-4-11(5-10(9)2)6-15(17(22)24)23-18(25)16-13(20)7-12(19)8-14(16)21/h3-5,7-8,15H,6H2,1-2H3,(H2,22,24)(H,23,25)/t15-/m1/s1. The number of halogens is 3. The summed E-state index contributed by atoms with van der Waals surface area (Å²) in [6.45, 7) is 3.81. The molecule has 3 N–H and O–H groups in total. The molecule has 0 fully saturated rings. The zero-order valence-electron chi connectivity index (χ0n) is 13.7. The first-order valence-electron chi connectivity index (χ1n) is 7.50. The summed E-state index contributed by atoms with van der Waals surface area (Å²) in [5.74, 6) is -5.89. The lowest BCUT2D eigenvalue weighted by molar-refractivity contribution is -0.119. The molecule has 0 aromatic heterocycles. The molecule has 1 atom stereocenters. The van der Waals surface area contributed by atoms with Gasteiger partial charge in [0, 0.05) is 18.6 Å². The highest BCUT2D eigenvalue weighted by molar-refractivity contribution is 5.97. The van der Waals surface area contributed by atoms with E-state index in [4.69, 9.17) is 5.73 Å². The van der Waals surface area contributed by atoms with E-state index in [9.17, 15) is 22.8 Å². The third-order valence-corrected chi connectivity index (χ3v) is 3.89. The van der Waals surface area contributed by atoms with Crippen LogP contribution in [0.4, 0.5) is 13.2 Å². The Labute approximate surface area is 142 Å². The lowest BCUT2D eigenvalue weighted by atomic mass is 10.00. The molecular weight excluding hydrogens is 333 g/mol. The fraction of sp³-hybridized carbons (Fsp3) is 0.222. The molecule has 132 valence electrons. The summed E-state index contributed by atoms with van der Waals surface area (Å²) in [6, 6.07) is 5.06. The van der Waals surface area contributed by atoms with Crippen LogP contribution < -0.4 is 11.1 Å². The second kappa shape index (κ2) is 7.38. The van der Waals surface area contributed by atoms with E-state index < -0.39 is 40.9 Å². The van der Waals surface area contributed by atoms with Crippen LogP contribution in [-0.4, -0.2) is 17.9 Å². The molecular formula is C18H17F3N2O2. The Hall–Kier alpha value is -2.83. The maximum atomic E-state index is 13.7. The van der Waals surface area contributed by atoms with Gasteiger partial charge in [0.1, 0.15) is 29.1 Å². The van der Waals surface area contributed by atoms with E-state index in [0.29, 0.717) is 12.1 Å². The van der Waals surface area contributed by atoms with Gasteiger partial charge >= 0.3 is 0 Å². The second-order valence-corrected chi connectivity index (χ2v) is 5.80. The fourth-order valence-corrected chi connectivity index (χ4v) is 2.38. The molecule has 2 amide bonds. The van der Waals surface area contributed by atoms with Crippen molar-refractivity contribution in [2.45, 2.75) is 26.3 Å². The number of primary amides is 1. The average molecular weight is 350 g/mol. The number of hydrogen-bond donors (Lipinski definition) is 2. The van der Waals surface area contributed by atoms with Gasteiger partial charge < -0.3 is 11.1 Å². The Bertz CT molecular complexity index is 814. The van der Waals surface area contributed by atoms with Crippen molar-refractivity contribution in [1.82, 2.24) is 5.32 Å². The maximum Gasteiger partial charge on any atom is 0.257 e. The minimum absolute atomic E-state index is 0.0621. The Morgan fingerprint density at radius 2 is 1.64 bits per heavy atom. The van der Waals surface area contributed by atoms with Gasteiger partial charge in [-0.25, -0.2) is 13.2 Å². The van der Waals surface area contributed by atoms with Gasteiger partial charge in [-0.3, -0.25) is 9.59 Å². The van der Waals surface area contributed by atoms with Crippen LogP contribution >= 0.6 is 0 Å². The monoisotopic (exact) mass is 350 g/mol. The van der Waals surface area contributed by atoms with Crippen LogP contribution in [0, 0.1) is 31.3 Å². The van der Waals surface area contributed by atoms with Crippen LogP contribution in [0.25, 0.3) is 0 Å². The van der Waals surface area contributed by atoms with Crippen molar-refractivity contribution in [2.24, 2.45) is 5.73 Å². The molecule has 0 aliphatic rings. The predicted octanol–water partition coefficient (Wildman–Crippen LogP) is 2.55. The summed E-state index contributed by atoms with van der Waals surface area (Å²) in [4.78, 5) is 23.7. The molecule has 0 aliphatic carbocycles. The van der Waals surface area contributed by atoms with Crippen LogP contribution in [-0.2, 0) is 11.2 Å². The van der Waals surface area contributed by atoms with E-state index in [-0.39, 0.29) is 6.42 Å². The van der Waals surface area contributed by atoms with E-state index in [1.807, 2.05) is 26.0 Å². The van der Waals surface area contributed by atoms with Gasteiger partial charge in [0.05, 0.1) is 0 Å². The summed E-state index contributed by atoms with van der Waals surface area (Å²) in [6.07, 6.45) is 0.0621. The van der Waals surface area contributed by atoms with Crippen LogP contribution in [0.5, 0.6) is 0 Å². The highest BCUT2D eigenvalue weighted by atomic mass is 19.1. The van der Waals surface area contributed by atoms with Crippen LogP contribution in [0.2, 0.25) is 0 Å². The third kappa shape index (κ3) is 4.37. The Kier molecular flexibility index (Phi) is 5.46. The summed E-state index contributed by atoms with van der Waals surface area (Å²) < 4.78 is 40.3. The molecule has 2 rings (SSSR count). The van der Waals surface area contributed by atoms with Crippen molar-refractivity contribution < 1.29 is 22.8 Å². The summed E-state index contributed by atoms with van der Waals surface area (Å²) >= 11 is 0. The number of amides is 2. The molecule has 0 heterocycles. The largest absolute Gasteiger partial charge is 0.368 e. The number of carbonyl (C=O) groups excluding carboxylic acids is 2. The van der Waals surface area contributed by atoms with Gasteiger partial charge in [-0.15, -0.1) is 0 Å². The van der Waals surface area contributed by atoms with E-state index >= 15 is 0 Å². The van der Waals surface area contributed by atoms with Gasteiger partial charge in [0.25, 0.3) is 5.91 Å². The molecule has 2 aromatic carbocycles. The number of carbonyl (C=O) groups is 2. The van der Waals surface area contributed by atoms with Crippen LogP contribution in [0.1, 0.15) is 27.0 Å². The molecule has 0 aliphatic heterocycles. The average Bonchev–Trinajstić information content (AvgIpc) is 2.49. The minimum Gasteiger partial charge on any atom is -0.368 e. The van der Waals surface area contributed by atoms with Gasteiger partial charge in [0.15, 0.2) is 0 Å². The quantitative estimate of drug-likeness (QED) is 0.870. The molecule has 7 heteroatoms. The Morgan fingerprint density at radius 1 is 1.04 bits per heavy atom. The van der Waals surface area contributed by atoms with Crippen LogP contribution in [0.3, 0.4) is 0 Å². The normalized spacial score (nSPS) is 11.9. The molecule has 0 saturated carbocycles. The zero-order valence-corrected chi connectivity index (χ0v) is 13.7. The predicted molar refractivity (Wildman–Crippen MR) is 86.4 cm³/mol. The first-order valence-corrected chi connectivity index (χ1v) is 7.50. The number of nitrogens with one attached hydrogen (secondary N) is 1. The highest BCUT2D eigenvalue weighted by Gasteiger charge is 2.24. The summed E-state index contributed by atoms with van der Waals surface area (Å²) in [5.41, 5.74) is 7.08. The Balaban J connectivity index is 2.23. The van der Waals surface area contributed by atoms with E-state index in [1.54, 1.807) is 6.07 Å². The lowest BCUT2D eigenvalue weighted by Crippen LogP contribution is -2.46. The molecule has 0 saturated heterocycles. The molecule has 0 spiro atoms. The van der Waals surface area contributed by atoms with Crippen molar-refractivity contribution in [1.29, 1.82) is 0 Å². The van der Waals surface area contributed by atoms with Gasteiger partial charge in [-0.1, -0.05) is 18.2 Å². The first-order chi connectivity index (χ1) is 11.7. The summed E-state index contributed by atoms with van der Waals surface area (Å²) in [5, 5.41) is 2.20. The topological polar surface area (TPSA) is 72.2 Å². The molecule has 0 unspecified atom stereocenters. The van der Waals surface area contributed by atoms with Crippen molar-refractivity contribution in [3.05, 3.63) is 70.0 Å². The van der Waals surface area contributed by atoms with Crippen molar-refractivity contribution in [2.75, 3.05) is 0 Å². The lowest BCUT2D eigenvalue weighted by Gasteiger charge is -2.17. The second-order valence-electron chi connectivity index (χ2n) is 5.80. The molecule has 0 radical (unpaired) electrons. The third-order valence-electron chi connectivity index (χ3n) is 3.89. The molecule has 4 nitrogen and oxygen atoms in total. The molecule has 0 bridgehead atoms. The van der Waals surface area contributed by atoms with Crippen molar-refractivity contribution in [3.63, 3.8) is 0 Å². The number of benzene rings is 2. The smallest absolute Gasteiger partial charge is 0.257 e. The fourth-order valence-electron chi connectivity index (χ4n) is 2.38. The molecule has 2 aromatic rings. The maximum absolute atomic E-state index is 13.7. The van der Waals surface area contributed by atoms with Crippen molar-refractivity contribution in [3.8, 4) is 0 Å². The van der Waals surface area contributed by atoms with Gasteiger partial charge in [-0.05, 0) is 30.5 Å². The number of nitrogens with two attached hydrogens (primary N) is 1. The van der Waals surface area contributed by atoms with Crippen LogP contribution in [0.15, 0.2) is 30.3 Å². The SMILES string of the molecule is Cc1ccc(C[C@@H](NC(=O)c2c(F)cc(F)cc2F)C(N)=O)cc1C. The summed E-state index contributed by atoms with van der Waals surface area (Å²) in [7, 11) is 0. The van der Waals surface area contributed by atoms with E-state index in [1.165, 1.54) is 0 Å². The van der Waals surface area contributed by atoms with Gasteiger partial charge in [-0.2, -0.15) is 0 Å². The number of hydrogen-bond acceptors (Lipinski definition) is 2. The Morgan fingerprint density at radius 3 is 2.16 bits per heavy atom. The minimum atomic E-state index is -1.36. The zero-order chi connectivity index (χ0) is 18.7. The van der Waals surface area contributed by atoms with E-state index in [0.717, 1.165) is 16.7 Å². The van der Waals surface area contributed by atoms with Gasteiger partial charge in [0.2, 0.25) is 5.91 Å². The number of aryl methyl sites for hydroxylation is 2. The van der Waals surface area contributed by atoms with Crippen molar-refractivity contribution >= 4 is 11.8 Å². The highest BCUT2D eigenvalue weighted by Crippen LogP contribution is 2.16.